The van der Waals surface area contributed by atoms with Crippen LogP contribution in [0.4, 0.5) is 0 Å². The maximum Gasteiger partial charge on any atom is 0.223 e. The highest BCUT2D eigenvalue weighted by molar-refractivity contribution is 5.79. The van der Waals surface area contributed by atoms with Crippen LogP contribution in [-0.2, 0) is 20.7 Å². The van der Waals surface area contributed by atoms with E-state index in [9.17, 15) is 9.90 Å². The van der Waals surface area contributed by atoms with E-state index in [0.29, 0.717) is 37.7 Å². The molecule has 1 aromatic carbocycles. The first-order valence-corrected chi connectivity index (χ1v) is 15.2. The van der Waals surface area contributed by atoms with Gasteiger partial charge in [0.05, 0.1) is 19.8 Å². The first-order chi connectivity index (χ1) is 19.1. The van der Waals surface area contributed by atoms with Crippen molar-refractivity contribution in [3.8, 4) is 11.5 Å². The largest absolute Gasteiger partial charge is 0.493 e. The molecule has 1 aromatic rings. The molecule has 1 aliphatic carbocycles. The molecule has 8 heteroatoms. The molecule has 1 saturated carbocycles. The number of amides is 1. The zero-order chi connectivity index (χ0) is 29.3. The van der Waals surface area contributed by atoms with Crippen LogP contribution in [0.15, 0.2) is 18.2 Å². The molecule has 5 atom stereocenters. The van der Waals surface area contributed by atoms with E-state index in [0.717, 1.165) is 56.6 Å². The van der Waals surface area contributed by atoms with Crippen molar-refractivity contribution in [1.82, 2.24) is 5.32 Å². The minimum absolute atomic E-state index is 0.0475. The van der Waals surface area contributed by atoms with E-state index in [1.807, 2.05) is 12.1 Å². The Balaban J connectivity index is 1.57. The van der Waals surface area contributed by atoms with Gasteiger partial charge in [0.25, 0.3) is 0 Å². The standard InChI is InChI=1S/C32H54N2O6/c1-21(2)24(16-23-8-9-28(38-6)29(17-23)40-13-7-12-37-5)18-26(33)27(35)19-25(22(3)4)31(36)34-30-20-32(30)10-14-39-15-11-32/h8-9,17,21-22,24-27,30,35H,7,10-16,18-20,33H2,1-6H3,(H,34,36)/t24?,25?,26?,27?,30-/m1/s1. The average Bonchev–Trinajstić information content (AvgIpc) is 3.58. The Morgan fingerprint density at radius 1 is 1.10 bits per heavy atom. The molecule has 0 bridgehead atoms. The van der Waals surface area contributed by atoms with E-state index in [-0.39, 0.29) is 35.1 Å². The predicted octanol–water partition coefficient (Wildman–Crippen LogP) is 4.35. The van der Waals surface area contributed by atoms with Crippen LogP contribution in [0.2, 0.25) is 0 Å². The lowest BCUT2D eigenvalue weighted by atomic mass is 9.80. The lowest BCUT2D eigenvalue weighted by molar-refractivity contribution is -0.128. The van der Waals surface area contributed by atoms with Crippen LogP contribution in [0.1, 0.15) is 71.8 Å². The molecule has 8 nitrogen and oxygen atoms in total. The van der Waals surface area contributed by atoms with Gasteiger partial charge < -0.3 is 35.1 Å². The molecular weight excluding hydrogens is 508 g/mol. The van der Waals surface area contributed by atoms with Crippen molar-refractivity contribution in [2.75, 3.05) is 40.6 Å². The molecule has 1 saturated heterocycles. The fourth-order valence-corrected chi connectivity index (χ4v) is 6.02. The Bertz CT molecular complexity index is 917. The van der Waals surface area contributed by atoms with E-state index in [4.69, 9.17) is 24.7 Å². The van der Waals surface area contributed by atoms with Gasteiger partial charge in [-0.25, -0.2) is 0 Å². The molecule has 40 heavy (non-hydrogen) atoms. The van der Waals surface area contributed by atoms with Crippen LogP contribution in [0.3, 0.4) is 0 Å². The summed E-state index contributed by atoms with van der Waals surface area (Å²) >= 11 is 0. The van der Waals surface area contributed by atoms with Gasteiger partial charge in [0.15, 0.2) is 11.5 Å². The summed E-state index contributed by atoms with van der Waals surface area (Å²) in [6.45, 7) is 11.3. The SMILES string of the molecule is COCCCOc1cc(CC(CC(N)C(O)CC(C(=O)N[C@@H]2CC23CCOCC3)C(C)C)C(C)C)ccc1OC. The van der Waals surface area contributed by atoms with Gasteiger partial charge in [-0.15, -0.1) is 0 Å². The topological polar surface area (TPSA) is 112 Å². The second-order valence-corrected chi connectivity index (χ2v) is 12.7. The van der Waals surface area contributed by atoms with Crippen molar-refractivity contribution in [3.05, 3.63) is 23.8 Å². The molecule has 0 radical (unpaired) electrons. The number of nitrogens with one attached hydrogen (secondary N) is 1. The van der Waals surface area contributed by atoms with Crippen molar-refractivity contribution in [1.29, 1.82) is 0 Å². The minimum Gasteiger partial charge on any atom is -0.493 e. The van der Waals surface area contributed by atoms with Crippen molar-refractivity contribution in [3.63, 3.8) is 0 Å². The first-order valence-electron chi connectivity index (χ1n) is 15.2. The van der Waals surface area contributed by atoms with E-state index >= 15 is 0 Å². The number of carbonyl (C=O) groups excluding carboxylic acids is 1. The number of nitrogens with two attached hydrogens (primary N) is 1. The second kappa shape index (κ2) is 15.4. The van der Waals surface area contributed by atoms with Crippen molar-refractivity contribution in [2.24, 2.45) is 34.8 Å². The smallest absolute Gasteiger partial charge is 0.223 e. The van der Waals surface area contributed by atoms with Crippen molar-refractivity contribution < 1.29 is 28.8 Å². The normalized spacial score (nSPS) is 21.2. The summed E-state index contributed by atoms with van der Waals surface area (Å²) in [4.78, 5) is 13.3. The number of hydrogen-bond donors (Lipinski definition) is 3. The zero-order valence-corrected chi connectivity index (χ0v) is 25.6. The lowest BCUT2D eigenvalue weighted by Gasteiger charge is -2.30. The maximum absolute atomic E-state index is 13.3. The Morgan fingerprint density at radius 3 is 2.45 bits per heavy atom. The van der Waals surface area contributed by atoms with Gasteiger partial charge in [-0.05, 0) is 79.4 Å². The third kappa shape index (κ3) is 9.07. The van der Waals surface area contributed by atoms with Crippen LogP contribution in [0.25, 0.3) is 0 Å². The molecule has 0 aromatic heterocycles. The molecule has 228 valence electrons. The van der Waals surface area contributed by atoms with Gasteiger partial charge in [-0.3, -0.25) is 4.79 Å². The summed E-state index contributed by atoms with van der Waals surface area (Å²) in [5.74, 6) is 1.98. The van der Waals surface area contributed by atoms with E-state index in [2.05, 4.69) is 39.1 Å². The average molecular weight is 563 g/mol. The van der Waals surface area contributed by atoms with Crippen LogP contribution in [-0.4, -0.2) is 69.8 Å². The molecule has 2 fully saturated rings. The summed E-state index contributed by atoms with van der Waals surface area (Å²) in [7, 11) is 3.33. The number of carbonyl (C=O) groups is 1. The number of aliphatic hydroxyl groups excluding tert-OH is 1. The molecule has 1 amide bonds. The van der Waals surface area contributed by atoms with Crippen molar-refractivity contribution in [2.45, 2.75) is 90.8 Å². The van der Waals surface area contributed by atoms with Gasteiger partial charge in [-0.1, -0.05) is 33.8 Å². The fraction of sp³-hybridized carbons (Fsp3) is 0.781. The van der Waals surface area contributed by atoms with Gasteiger partial charge in [0.2, 0.25) is 5.91 Å². The number of ether oxygens (including phenoxy) is 4. The third-order valence-electron chi connectivity index (χ3n) is 9.12. The maximum atomic E-state index is 13.3. The number of hydrogen-bond acceptors (Lipinski definition) is 7. The summed E-state index contributed by atoms with van der Waals surface area (Å²) < 4.78 is 22.1. The van der Waals surface area contributed by atoms with Gasteiger partial charge in [0, 0.05) is 51.4 Å². The molecule has 2 aliphatic rings. The summed E-state index contributed by atoms with van der Waals surface area (Å²) in [5.41, 5.74) is 7.98. The molecule has 1 spiro atoms. The zero-order valence-electron chi connectivity index (χ0n) is 25.6. The molecule has 4 unspecified atom stereocenters. The number of methoxy groups -OCH3 is 2. The van der Waals surface area contributed by atoms with E-state index in [1.165, 1.54) is 0 Å². The molecule has 4 N–H and O–H groups in total. The molecular formula is C32H54N2O6. The highest BCUT2D eigenvalue weighted by atomic mass is 16.5. The van der Waals surface area contributed by atoms with Gasteiger partial charge in [0.1, 0.15) is 0 Å². The quantitative estimate of drug-likeness (QED) is 0.242. The first kappa shape index (κ1) is 32.6. The molecule has 1 aliphatic heterocycles. The molecule has 3 rings (SSSR count). The monoisotopic (exact) mass is 562 g/mol. The Morgan fingerprint density at radius 2 is 1.82 bits per heavy atom. The Hall–Kier alpha value is -1.87. The second-order valence-electron chi connectivity index (χ2n) is 12.7. The molecule has 1 heterocycles. The number of rotatable bonds is 17. The van der Waals surface area contributed by atoms with Crippen LogP contribution >= 0.6 is 0 Å². The predicted molar refractivity (Wildman–Crippen MR) is 158 cm³/mol. The third-order valence-corrected chi connectivity index (χ3v) is 9.12. The van der Waals surface area contributed by atoms with Crippen LogP contribution in [0, 0.1) is 29.1 Å². The van der Waals surface area contributed by atoms with Crippen LogP contribution < -0.4 is 20.5 Å². The van der Waals surface area contributed by atoms with Gasteiger partial charge >= 0.3 is 0 Å². The summed E-state index contributed by atoms with van der Waals surface area (Å²) in [6.07, 6.45) is 5.00. The Kier molecular flexibility index (Phi) is 12.6. The van der Waals surface area contributed by atoms with E-state index < -0.39 is 12.1 Å². The summed E-state index contributed by atoms with van der Waals surface area (Å²) in [5, 5.41) is 14.5. The highest BCUT2D eigenvalue weighted by Gasteiger charge is 2.55. The number of benzene rings is 1. The van der Waals surface area contributed by atoms with E-state index in [1.54, 1.807) is 14.2 Å². The number of aliphatic hydroxyl groups is 1. The minimum atomic E-state index is -0.744. The van der Waals surface area contributed by atoms with Gasteiger partial charge in [-0.2, -0.15) is 0 Å². The lowest BCUT2D eigenvalue weighted by Crippen LogP contribution is -2.44. The fourth-order valence-electron chi connectivity index (χ4n) is 6.02. The van der Waals surface area contributed by atoms with Crippen molar-refractivity contribution >= 4 is 5.91 Å². The van der Waals surface area contributed by atoms with Crippen LogP contribution in [0.5, 0.6) is 11.5 Å². The summed E-state index contributed by atoms with van der Waals surface area (Å²) in [6, 6.07) is 5.89. The highest BCUT2D eigenvalue weighted by Crippen LogP contribution is 2.53. The Labute approximate surface area is 241 Å².